The third kappa shape index (κ3) is 3.64. The molecule has 4 aromatic rings. The fourth-order valence-electron chi connectivity index (χ4n) is 2.94. The summed E-state index contributed by atoms with van der Waals surface area (Å²) in [4.78, 5) is 13.2. The first-order valence-electron chi connectivity index (χ1n) is 8.72. The van der Waals surface area contributed by atoms with Gasteiger partial charge in [-0.25, -0.2) is 0 Å². The standard InChI is InChI=1S/C23H16Cl2O3/c1-14-6-8-15(9-7-14)22-23(27-13-16-4-2-3-5-19(16)25)21(26)18-12-17(24)10-11-20(18)28-22/h2-12H,13H2,1H3. The monoisotopic (exact) mass is 410 g/mol. The minimum Gasteiger partial charge on any atom is -0.481 e. The molecule has 0 fully saturated rings. The summed E-state index contributed by atoms with van der Waals surface area (Å²) in [5.74, 6) is 0.519. The number of hydrogen-bond donors (Lipinski definition) is 0. The topological polar surface area (TPSA) is 39.4 Å². The lowest BCUT2D eigenvalue weighted by Crippen LogP contribution is -2.10. The largest absolute Gasteiger partial charge is 0.481 e. The summed E-state index contributed by atoms with van der Waals surface area (Å²) in [6, 6.07) is 20.0. The molecule has 0 amide bonds. The van der Waals surface area contributed by atoms with Crippen molar-refractivity contribution in [2.45, 2.75) is 13.5 Å². The van der Waals surface area contributed by atoms with Gasteiger partial charge in [0.1, 0.15) is 12.2 Å². The van der Waals surface area contributed by atoms with E-state index in [9.17, 15) is 4.79 Å². The number of ether oxygens (including phenoxy) is 1. The molecule has 28 heavy (non-hydrogen) atoms. The third-order valence-corrected chi connectivity index (χ3v) is 5.06. The molecule has 0 bridgehead atoms. The van der Waals surface area contributed by atoms with E-state index in [1.807, 2.05) is 49.4 Å². The van der Waals surface area contributed by atoms with Crippen molar-refractivity contribution < 1.29 is 9.15 Å². The highest BCUT2D eigenvalue weighted by Gasteiger charge is 2.18. The number of hydrogen-bond acceptors (Lipinski definition) is 3. The summed E-state index contributed by atoms with van der Waals surface area (Å²) in [5.41, 5.74) is 2.83. The van der Waals surface area contributed by atoms with E-state index in [-0.39, 0.29) is 17.8 Å². The molecule has 0 unspecified atom stereocenters. The molecule has 0 atom stereocenters. The fraction of sp³-hybridized carbons (Fsp3) is 0.0870. The molecule has 0 aliphatic rings. The number of rotatable bonds is 4. The van der Waals surface area contributed by atoms with E-state index in [0.29, 0.717) is 26.8 Å². The minimum atomic E-state index is -0.272. The zero-order valence-corrected chi connectivity index (χ0v) is 16.6. The average molecular weight is 411 g/mol. The van der Waals surface area contributed by atoms with Crippen molar-refractivity contribution in [3.63, 3.8) is 0 Å². The Bertz CT molecular complexity index is 1210. The van der Waals surface area contributed by atoms with Gasteiger partial charge in [-0.2, -0.15) is 0 Å². The second kappa shape index (κ2) is 7.70. The maximum Gasteiger partial charge on any atom is 0.235 e. The van der Waals surface area contributed by atoms with Crippen LogP contribution in [-0.2, 0) is 6.61 Å². The van der Waals surface area contributed by atoms with Gasteiger partial charge in [0, 0.05) is 21.2 Å². The number of halogens is 2. The minimum absolute atomic E-state index is 0.138. The lowest BCUT2D eigenvalue weighted by Gasteiger charge is -2.13. The maximum absolute atomic E-state index is 13.2. The lowest BCUT2D eigenvalue weighted by molar-refractivity contribution is 0.298. The molecule has 0 aliphatic heterocycles. The van der Waals surface area contributed by atoms with Gasteiger partial charge in [0.2, 0.25) is 11.2 Å². The Hall–Kier alpha value is -2.75. The van der Waals surface area contributed by atoms with Crippen LogP contribution in [0.25, 0.3) is 22.3 Å². The average Bonchev–Trinajstić information content (AvgIpc) is 2.69. The van der Waals surface area contributed by atoms with Crippen molar-refractivity contribution in [2.24, 2.45) is 0 Å². The summed E-state index contributed by atoms with van der Waals surface area (Å²) >= 11 is 12.3. The molecule has 140 valence electrons. The summed E-state index contributed by atoms with van der Waals surface area (Å²) in [6.07, 6.45) is 0. The van der Waals surface area contributed by atoms with Crippen molar-refractivity contribution in [1.29, 1.82) is 0 Å². The summed E-state index contributed by atoms with van der Waals surface area (Å²) in [6.45, 7) is 2.15. The van der Waals surface area contributed by atoms with Gasteiger partial charge in [-0.15, -0.1) is 0 Å². The molecule has 5 heteroatoms. The molecular formula is C23H16Cl2O3. The predicted octanol–water partition coefficient (Wildman–Crippen LogP) is 6.65. The molecule has 0 N–H and O–H groups in total. The zero-order valence-electron chi connectivity index (χ0n) is 15.0. The van der Waals surface area contributed by atoms with Crippen LogP contribution >= 0.6 is 23.2 Å². The highest BCUT2D eigenvalue weighted by atomic mass is 35.5. The van der Waals surface area contributed by atoms with E-state index in [1.165, 1.54) is 0 Å². The van der Waals surface area contributed by atoms with E-state index >= 15 is 0 Å². The van der Waals surface area contributed by atoms with E-state index in [0.717, 1.165) is 16.7 Å². The van der Waals surface area contributed by atoms with Crippen LogP contribution < -0.4 is 10.2 Å². The molecule has 4 rings (SSSR count). The van der Waals surface area contributed by atoms with E-state index in [4.69, 9.17) is 32.4 Å². The molecule has 1 heterocycles. The first-order valence-corrected chi connectivity index (χ1v) is 9.48. The van der Waals surface area contributed by atoms with Gasteiger partial charge in [-0.05, 0) is 31.2 Å². The Morgan fingerprint density at radius 3 is 2.46 bits per heavy atom. The van der Waals surface area contributed by atoms with Gasteiger partial charge in [0.25, 0.3) is 0 Å². The number of fused-ring (bicyclic) bond motifs is 1. The van der Waals surface area contributed by atoms with Crippen LogP contribution in [0.1, 0.15) is 11.1 Å². The highest BCUT2D eigenvalue weighted by Crippen LogP contribution is 2.32. The van der Waals surface area contributed by atoms with Crippen molar-refractivity contribution in [2.75, 3.05) is 0 Å². The molecule has 0 aliphatic carbocycles. The summed E-state index contributed by atoms with van der Waals surface area (Å²) < 4.78 is 12.0. The Morgan fingerprint density at radius 2 is 1.71 bits per heavy atom. The molecule has 0 saturated carbocycles. The Balaban J connectivity index is 1.87. The number of aryl methyl sites for hydroxylation is 1. The van der Waals surface area contributed by atoms with Crippen LogP contribution in [0.15, 0.2) is 75.9 Å². The molecule has 0 saturated heterocycles. The maximum atomic E-state index is 13.2. The predicted molar refractivity (Wildman–Crippen MR) is 113 cm³/mol. The molecule has 0 radical (unpaired) electrons. The van der Waals surface area contributed by atoms with E-state index in [1.54, 1.807) is 24.3 Å². The lowest BCUT2D eigenvalue weighted by atomic mass is 10.1. The van der Waals surface area contributed by atoms with Gasteiger partial charge in [-0.3, -0.25) is 4.79 Å². The van der Waals surface area contributed by atoms with Crippen molar-refractivity contribution >= 4 is 34.2 Å². The van der Waals surface area contributed by atoms with Crippen LogP contribution in [0.5, 0.6) is 5.75 Å². The first kappa shape index (κ1) is 18.6. The number of benzene rings is 3. The fourth-order valence-corrected chi connectivity index (χ4v) is 3.30. The van der Waals surface area contributed by atoms with Crippen LogP contribution in [0.2, 0.25) is 10.0 Å². The molecule has 0 spiro atoms. The van der Waals surface area contributed by atoms with Gasteiger partial charge < -0.3 is 9.15 Å². The molecule has 1 aromatic heterocycles. The van der Waals surface area contributed by atoms with Gasteiger partial charge in [0.05, 0.1) is 5.39 Å². The molecule has 3 aromatic carbocycles. The summed E-state index contributed by atoms with van der Waals surface area (Å²) in [5, 5.41) is 1.41. The smallest absolute Gasteiger partial charge is 0.235 e. The summed E-state index contributed by atoms with van der Waals surface area (Å²) in [7, 11) is 0. The second-order valence-corrected chi connectivity index (χ2v) is 7.32. The Kier molecular flexibility index (Phi) is 5.12. The highest BCUT2D eigenvalue weighted by molar-refractivity contribution is 6.31. The van der Waals surface area contributed by atoms with Crippen molar-refractivity contribution in [1.82, 2.24) is 0 Å². The van der Waals surface area contributed by atoms with Crippen LogP contribution in [0.3, 0.4) is 0 Å². The second-order valence-electron chi connectivity index (χ2n) is 6.48. The van der Waals surface area contributed by atoms with Crippen LogP contribution in [0.4, 0.5) is 0 Å². The molecule has 3 nitrogen and oxygen atoms in total. The quantitative estimate of drug-likeness (QED) is 0.377. The van der Waals surface area contributed by atoms with Gasteiger partial charge in [-0.1, -0.05) is 71.2 Å². The van der Waals surface area contributed by atoms with Gasteiger partial charge in [0.15, 0.2) is 5.76 Å². The normalized spacial score (nSPS) is 11.0. The Labute approximate surface area is 172 Å². The van der Waals surface area contributed by atoms with E-state index < -0.39 is 0 Å². The van der Waals surface area contributed by atoms with Crippen molar-refractivity contribution in [3.8, 4) is 17.1 Å². The SMILES string of the molecule is Cc1ccc(-c2oc3ccc(Cl)cc3c(=O)c2OCc2ccccc2Cl)cc1. The van der Waals surface area contributed by atoms with E-state index in [2.05, 4.69) is 0 Å². The third-order valence-electron chi connectivity index (χ3n) is 4.45. The zero-order chi connectivity index (χ0) is 19.7. The first-order chi connectivity index (χ1) is 13.5. The van der Waals surface area contributed by atoms with Crippen LogP contribution in [0, 0.1) is 6.92 Å². The molecular weight excluding hydrogens is 395 g/mol. The Morgan fingerprint density at radius 1 is 0.964 bits per heavy atom. The van der Waals surface area contributed by atoms with Crippen molar-refractivity contribution in [3.05, 3.63) is 98.1 Å². The van der Waals surface area contributed by atoms with Gasteiger partial charge >= 0.3 is 0 Å². The van der Waals surface area contributed by atoms with Crippen LogP contribution in [-0.4, -0.2) is 0 Å².